The zero-order chi connectivity index (χ0) is 10.7. The predicted octanol–water partition coefficient (Wildman–Crippen LogP) is 3.05. The Bertz CT molecular complexity index is 347. The van der Waals surface area contributed by atoms with Crippen LogP contribution >= 0.6 is 11.6 Å². The molecule has 76 valence electrons. The van der Waals surface area contributed by atoms with Crippen molar-refractivity contribution in [1.29, 1.82) is 0 Å². The Morgan fingerprint density at radius 3 is 2.79 bits per heavy atom. The van der Waals surface area contributed by atoms with Gasteiger partial charge in [-0.1, -0.05) is 30.7 Å². The number of hydrogen-bond acceptors (Lipinski definition) is 2. The van der Waals surface area contributed by atoms with Crippen LogP contribution in [-0.4, -0.2) is 11.4 Å². The van der Waals surface area contributed by atoms with Crippen LogP contribution in [0.25, 0.3) is 0 Å². The molecule has 0 bridgehead atoms. The maximum Gasteiger partial charge on any atom is 0.137 e. The molecule has 0 aliphatic carbocycles. The monoisotopic (exact) mass is 212 g/mol. The van der Waals surface area contributed by atoms with E-state index in [0.29, 0.717) is 11.4 Å². The van der Waals surface area contributed by atoms with Gasteiger partial charge >= 0.3 is 0 Å². The van der Waals surface area contributed by atoms with Crippen molar-refractivity contribution in [2.24, 2.45) is 0 Å². The molecule has 1 N–H and O–H groups in total. The van der Waals surface area contributed by atoms with Gasteiger partial charge in [-0.15, -0.1) is 0 Å². The number of benzene rings is 1. The molecule has 1 atom stereocenters. The van der Waals surface area contributed by atoms with Crippen LogP contribution < -0.4 is 0 Å². The van der Waals surface area contributed by atoms with Gasteiger partial charge in [-0.25, -0.2) is 0 Å². The van der Waals surface area contributed by atoms with E-state index >= 15 is 0 Å². The van der Waals surface area contributed by atoms with Gasteiger partial charge in [0.05, 0.1) is 5.02 Å². The highest BCUT2D eigenvalue weighted by Gasteiger charge is 2.13. The first-order valence-electron chi connectivity index (χ1n) is 4.49. The zero-order valence-corrected chi connectivity index (χ0v) is 9.01. The van der Waals surface area contributed by atoms with Crippen molar-refractivity contribution >= 4 is 17.9 Å². The van der Waals surface area contributed by atoms with Crippen LogP contribution in [0.3, 0.4) is 0 Å². The van der Waals surface area contributed by atoms with E-state index in [-0.39, 0.29) is 11.7 Å². The summed E-state index contributed by atoms with van der Waals surface area (Å²) in [6.07, 6.45) is 1.28. The van der Waals surface area contributed by atoms with Crippen LogP contribution in [0.15, 0.2) is 12.1 Å². The summed E-state index contributed by atoms with van der Waals surface area (Å²) >= 11 is 5.96. The van der Waals surface area contributed by atoms with Crippen molar-refractivity contribution in [3.8, 4) is 5.75 Å². The quantitative estimate of drug-likeness (QED) is 0.782. The molecular formula is C11H13ClO2. The van der Waals surface area contributed by atoms with E-state index in [1.54, 1.807) is 13.0 Å². The number of halogens is 1. The third kappa shape index (κ3) is 2.07. The summed E-state index contributed by atoms with van der Waals surface area (Å²) in [4.78, 5) is 10.3. The minimum absolute atomic E-state index is 0.0477. The van der Waals surface area contributed by atoms with Gasteiger partial charge in [0, 0.05) is 6.42 Å². The molecule has 0 heterocycles. The van der Waals surface area contributed by atoms with E-state index in [1.165, 1.54) is 0 Å². The molecule has 0 radical (unpaired) electrons. The van der Waals surface area contributed by atoms with Gasteiger partial charge in [0.2, 0.25) is 0 Å². The Morgan fingerprint density at radius 1 is 1.57 bits per heavy atom. The van der Waals surface area contributed by atoms with Gasteiger partial charge < -0.3 is 9.90 Å². The molecule has 1 rings (SSSR count). The summed E-state index contributed by atoms with van der Waals surface area (Å²) in [5.74, 6) is 0.161. The summed E-state index contributed by atoms with van der Waals surface area (Å²) in [5.41, 5.74) is 1.57. The van der Waals surface area contributed by atoms with Crippen LogP contribution in [0.1, 0.15) is 30.4 Å². The summed E-state index contributed by atoms with van der Waals surface area (Å²) in [5, 5.41) is 9.94. The number of phenols is 1. The second-order valence-electron chi connectivity index (χ2n) is 3.44. The van der Waals surface area contributed by atoms with Gasteiger partial charge in [-0.2, -0.15) is 0 Å². The highest BCUT2D eigenvalue weighted by atomic mass is 35.5. The molecule has 0 spiro atoms. The summed E-state index contributed by atoms with van der Waals surface area (Å²) in [6, 6.07) is 3.66. The van der Waals surface area contributed by atoms with E-state index in [2.05, 4.69) is 0 Å². The lowest BCUT2D eigenvalue weighted by Gasteiger charge is -2.12. The number of aromatic hydroxyl groups is 1. The van der Waals surface area contributed by atoms with E-state index in [4.69, 9.17) is 11.6 Å². The summed E-state index contributed by atoms with van der Waals surface area (Å²) in [6.45, 7) is 3.69. The minimum Gasteiger partial charge on any atom is -0.506 e. The molecule has 1 aromatic carbocycles. The molecule has 0 aliphatic heterocycles. The number of hydrogen-bond donors (Lipinski definition) is 1. The SMILES string of the molecule is Cc1ccc(C(C)CC=O)c(Cl)c1O. The van der Waals surface area contributed by atoms with Gasteiger partial charge in [-0.3, -0.25) is 0 Å². The molecule has 1 aromatic rings. The Labute approximate surface area is 88.5 Å². The van der Waals surface area contributed by atoms with E-state index < -0.39 is 0 Å². The highest BCUT2D eigenvalue weighted by molar-refractivity contribution is 6.33. The van der Waals surface area contributed by atoms with Crippen molar-refractivity contribution in [3.05, 3.63) is 28.3 Å². The molecule has 0 saturated carbocycles. The fraction of sp³-hybridized carbons (Fsp3) is 0.364. The third-order valence-electron chi connectivity index (χ3n) is 2.33. The van der Waals surface area contributed by atoms with Crippen molar-refractivity contribution in [2.45, 2.75) is 26.2 Å². The molecule has 14 heavy (non-hydrogen) atoms. The number of phenolic OH excluding ortho intramolecular Hbond substituents is 1. The average Bonchev–Trinajstić information content (AvgIpc) is 2.15. The Balaban J connectivity index is 3.10. The topological polar surface area (TPSA) is 37.3 Å². The second-order valence-corrected chi connectivity index (χ2v) is 3.82. The van der Waals surface area contributed by atoms with E-state index in [1.807, 2.05) is 13.0 Å². The molecule has 0 aliphatic rings. The fourth-order valence-electron chi connectivity index (χ4n) is 1.33. The third-order valence-corrected chi connectivity index (χ3v) is 2.73. The Hall–Kier alpha value is -1.02. The molecule has 0 amide bonds. The lowest BCUT2D eigenvalue weighted by molar-refractivity contribution is -0.108. The van der Waals surface area contributed by atoms with E-state index in [0.717, 1.165) is 17.4 Å². The molecule has 2 nitrogen and oxygen atoms in total. The first-order chi connectivity index (χ1) is 6.57. The van der Waals surface area contributed by atoms with Crippen molar-refractivity contribution < 1.29 is 9.90 Å². The number of aldehydes is 1. The standard InChI is InChI=1S/C11H13ClO2/c1-7(5-6-13)9-4-3-8(2)11(14)10(9)12/h3-4,6-7,14H,5H2,1-2H3. The molecule has 3 heteroatoms. The van der Waals surface area contributed by atoms with Crippen LogP contribution in [0, 0.1) is 6.92 Å². The van der Waals surface area contributed by atoms with Crippen LogP contribution in [0.5, 0.6) is 5.75 Å². The molecular weight excluding hydrogens is 200 g/mol. The van der Waals surface area contributed by atoms with Gasteiger partial charge in [-0.05, 0) is 24.0 Å². The lowest BCUT2D eigenvalue weighted by atomic mass is 9.97. The van der Waals surface area contributed by atoms with Crippen LogP contribution in [0.4, 0.5) is 0 Å². The van der Waals surface area contributed by atoms with E-state index in [9.17, 15) is 9.90 Å². The first-order valence-corrected chi connectivity index (χ1v) is 4.87. The lowest BCUT2D eigenvalue weighted by Crippen LogP contribution is -1.96. The number of aryl methyl sites for hydroxylation is 1. The summed E-state index contributed by atoms with van der Waals surface area (Å²) < 4.78 is 0. The predicted molar refractivity (Wildman–Crippen MR) is 56.9 cm³/mol. The largest absolute Gasteiger partial charge is 0.506 e. The normalized spacial score (nSPS) is 12.5. The van der Waals surface area contributed by atoms with Crippen molar-refractivity contribution in [2.75, 3.05) is 0 Å². The van der Waals surface area contributed by atoms with Gasteiger partial charge in [0.1, 0.15) is 12.0 Å². The molecule has 0 saturated heterocycles. The summed E-state index contributed by atoms with van der Waals surface area (Å²) in [7, 11) is 0. The molecule has 0 aromatic heterocycles. The molecule has 1 unspecified atom stereocenters. The zero-order valence-electron chi connectivity index (χ0n) is 8.25. The first kappa shape index (κ1) is 11.1. The van der Waals surface area contributed by atoms with Gasteiger partial charge in [0.15, 0.2) is 0 Å². The van der Waals surface area contributed by atoms with Crippen molar-refractivity contribution in [1.82, 2.24) is 0 Å². The highest BCUT2D eigenvalue weighted by Crippen LogP contribution is 2.35. The maximum absolute atomic E-state index is 10.3. The van der Waals surface area contributed by atoms with Crippen molar-refractivity contribution in [3.63, 3.8) is 0 Å². The average molecular weight is 213 g/mol. The fourth-order valence-corrected chi connectivity index (χ4v) is 1.73. The smallest absolute Gasteiger partial charge is 0.137 e. The molecule has 0 fully saturated rings. The maximum atomic E-state index is 10.3. The van der Waals surface area contributed by atoms with Crippen LogP contribution in [-0.2, 0) is 4.79 Å². The number of carbonyl (C=O) groups is 1. The number of carbonyl (C=O) groups excluding carboxylic acids is 1. The van der Waals surface area contributed by atoms with Gasteiger partial charge in [0.25, 0.3) is 0 Å². The van der Waals surface area contributed by atoms with Crippen LogP contribution in [0.2, 0.25) is 5.02 Å². The minimum atomic E-state index is 0.0477. The Morgan fingerprint density at radius 2 is 2.21 bits per heavy atom. The second kappa shape index (κ2) is 4.47. The Kier molecular flexibility index (Phi) is 3.53. The number of rotatable bonds is 3.